The zero-order valence-electron chi connectivity index (χ0n) is 15.3. The molecular weight excluding hydrogens is 336 g/mol. The number of sulfonamides is 1. The lowest BCUT2D eigenvalue weighted by Crippen LogP contribution is -2.35. The lowest BCUT2D eigenvalue weighted by molar-refractivity contribution is 0.312. The summed E-state index contributed by atoms with van der Waals surface area (Å²) in [6.45, 7) is 5.10. The lowest BCUT2D eigenvalue weighted by atomic mass is 10.2. The minimum absolute atomic E-state index is 0.224. The van der Waals surface area contributed by atoms with Crippen molar-refractivity contribution in [3.63, 3.8) is 0 Å². The van der Waals surface area contributed by atoms with E-state index in [1.165, 1.54) is 9.71 Å². The van der Waals surface area contributed by atoms with Gasteiger partial charge in [0.2, 0.25) is 10.0 Å². The average Bonchev–Trinajstić information content (AvgIpc) is 2.96. The quantitative estimate of drug-likeness (QED) is 0.723. The van der Waals surface area contributed by atoms with Gasteiger partial charge in [0.1, 0.15) is 11.5 Å². The maximum atomic E-state index is 12.8. The summed E-state index contributed by atoms with van der Waals surface area (Å²) in [6.07, 6.45) is 1.63. The maximum absolute atomic E-state index is 12.8. The fourth-order valence-electron chi connectivity index (χ4n) is 2.28. The molecule has 1 aromatic carbocycles. The number of rotatable bonds is 8. The molecule has 136 valence electrons. The van der Waals surface area contributed by atoms with E-state index in [-0.39, 0.29) is 6.54 Å². The summed E-state index contributed by atoms with van der Waals surface area (Å²) in [5.74, 6) is 1.42. The Hall–Kier alpha value is -1.89. The van der Waals surface area contributed by atoms with Crippen LogP contribution in [0.4, 0.5) is 0 Å². The highest BCUT2D eigenvalue weighted by atomic mass is 32.2. The van der Waals surface area contributed by atoms with Crippen molar-refractivity contribution < 1.29 is 12.8 Å². The molecule has 2 rings (SSSR count). The Bertz CT molecular complexity index is 805. The van der Waals surface area contributed by atoms with Gasteiger partial charge < -0.3 is 9.32 Å². The van der Waals surface area contributed by atoms with Crippen molar-refractivity contribution in [2.24, 2.45) is 0 Å². The third-order valence-corrected chi connectivity index (χ3v) is 5.31. The molecule has 25 heavy (non-hydrogen) atoms. The predicted molar refractivity (Wildman–Crippen MR) is 102 cm³/mol. The largest absolute Gasteiger partial charge is 0.465 e. The molecular formula is C19H26N2O3S. The van der Waals surface area contributed by atoms with E-state index >= 15 is 0 Å². The normalized spacial score (nSPS) is 12.6. The molecule has 1 heterocycles. The number of nitrogens with zero attached hydrogens (tertiary/aromatic N) is 2. The Balaban J connectivity index is 2.18. The fraction of sp³-hybridized carbons (Fsp3) is 0.368. The van der Waals surface area contributed by atoms with E-state index in [9.17, 15) is 8.42 Å². The molecule has 0 aliphatic carbocycles. The Morgan fingerprint density at radius 2 is 1.68 bits per heavy atom. The molecule has 0 aliphatic rings. The third kappa shape index (κ3) is 6.16. The molecule has 5 nitrogen and oxygen atoms in total. The second-order valence-corrected chi connectivity index (χ2v) is 8.23. The SMILES string of the molecule is Cc1ccc(C=CS(=O)(=O)N(CCN(C)C)Cc2ccc(C)o2)cc1. The van der Waals surface area contributed by atoms with Crippen molar-refractivity contribution >= 4 is 16.1 Å². The zero-order valence-corrected chi connectivity index (χ0v) is 16.1. The summed E-state index contributed by atoms with van der Waals surface area (Å²) in [7, 11) is 0.292. The first-order valence-corrected chi connectivity index (χ1v) is 9.71. The highest BCUT2D eigenvalue weighted by molar-refractivity contribution is 7.92. The van der Waals surface area contributed by atoms with Crippen LogP contribution in [0.25, 0.3) is 6.08 Å². The van der Waals surface area contributed by atoms with Gasteiger partial charge in [0.05, 0.1) is 6.54 Å². The molecule has 0 fully saturated rings. The van der Waals surface area contributed by atoms with E-state index in [4.69, 9.17) is 4.42 Å². The number of hydrogen-bond donors (Lipinski definition) is 0. The van der Waals surface area contributed by atoms with Crippen LogP contribution in [0.2, 0.25) is 0 Å². The van der Waals surface area contributed by atoms with Gasteiger partial charge >= 0.3 is 0 Å². The Kier molecular flexibility index (Phi) is 6.58. The van der Waals surface area contributed by atoms with Crippen LogP contribution < -0.4 is 0 Å². The van der Waals surface area contributed by atoms with Crippen LogP contribution >= 0.6 is 0 Å². The van der Waals surface area contributed by atoms with Crippen LogP contribution in [-0.2, 0) is 16.6 Å². The van der Waals surface area contributed by atoms with E-state index in [0.29, 0.717) is 18.8 Å². The van der Waals surface area contributed by atoms with Crippen LogP contribution in [-0.4, -0.2) is 44.8 Å². The van der Waals surface area contributed by atoms with Crippen molar-refractivity contribution in [1.29, 1.82) is 0 Å². The molecule has 0 saturated carbocycles. The van der Waals surface area contributed by atoms with E-state index < -0.39 is 10.0 Å². The van der Waals surface area contributed by atoms with Crippen molar-refractivity contribution in [2.75, 3.05) is 27.2 Å². The van der Waals surface area contributed by atoms with Crippen molar-refractivity contribution in [3.05, 3.63) is 64.5 Å². The average molecular weight is 362 g/mol. The lowest BCUT2D eigenvalue weighted by Gasteiger charge is -2.21. The molecule has 0 bridgehead atoms. The Morgan fingerprint density at radius 1 is 1.00 bits per heavy atom. The molecule has 0 N–H and O–H groups in total. The molecule has 0 aliphatic heterocycles. The standard InChI is InChI=1S/C19H26N2O3S/c1-16-5-8-18(9-6-16)11-14-25(22,23)21(13-12-20(3)4)15-19-10-7-17(2)24-19/h5-11,14H,12-13,15H2,1-4H3. The fourth-order valence-corrected chi connectivity index (χ4v) is 3.42. The minimum Gasteiger partial charge on any atom is -0.465 e. The van der Waals surface area contributed by atoms with Gasteiger partial charge in [-0.15, -0.1) is 0 Å². The van der Waals surface area contributed by atoms with Crippen molar-refractivity contribution in [3.8, 4) is 0 Å². The predicted octanol–water partition coefficient (Wildman–Crippen LogP) is 3.26. The highest BCUT2D eigenvalue weighted by Crippen LogP contribution is 2.15. The van der Waals surface area contributed by atoms with Crippen molar-refractivity contribution in [1.82, 2.24) is 9.21 Å². The van der Waals surface area contributed by atoms with Gasteiger partial charge in [-0.25, -0.2) is 8.42 Å². The molecule has 0 unspecified atom stereocenters. The number of benzene rings is 1. The summed E-state index contributed by atoms with van der Waals surface area (Å²) in [4.78, 5) is 1.96. The molecule has 0 spiro atoms. The van der Waals surface area contributed by atoms with Gasteiger partial charge in [0, 0.05) is 18.5 Å². The van der Waals surface area contributed by atoms with Gasteiger partial charge in [0.15, 0.2) is 0 Å². The van der Waals surface area contributed by atoms with Gasteiger partial charge in [0.25, 0.3) is 0 Å². The van der Waals surface area contributed by atoms with Gasteiger partial charge in [-0.05, 0) is 51.7 Å². The van der Waals surface area contributed by atoms with Gasteiger partial charge in [-0.2, -0.15) is 4.31 Å². The summed E-state index contributed by atoms with van der Waals surface area (Å²) in [5.41, 5.74) is 2.00. The highest BCUT2D eigenvalue weighted by Gasteiger charge is 2.21. The smallest absolute Gasteiger partial charge is 0.236 e. The number of furan rings is 1. The summed E-state index contributed by atoms with van der Waals surface area (Å²) in [5, 5.41) is 1.27. The van der Waals surface area contributed by atoms with Crippen LogP contribution in [0.5, 0.6) is 0 Å². The molecule has 0 radical (unpaired) electrons. The maximum Gasteiger partial charge on any atom is 0.236 e. The van der Waals surface area contributed by atoms with Crippen LogP contribution in [0.1, 0.15) is 22.6 Å². The molecule has 1 aromatic heterocycles. The van der Waals surface area contributed by atoms with E-state index in [2.05, 4.69) is 0 Å². The first-order valence-electron chi connectivity index (χ1n) is 8.21. The summed E-state index contributed by atoms with van der Waals surface area (Å²) >= 11 is 0. The first-order chi connectivity index (χ1) is 11.8. The molecule has 0 amide bonds. The van der Waals surface area contributed by atoms with Crippen LogP contribution in [0.3, 0.4) is 0 Å². The van der Waals surface area contributed by atoms with Gasteiger partial charge in [-0.1, -0.05) is 29.8 Å². The number of likely N-dealkylation sites (N-methyl/N-ethyl adjacent to an activating group) is 1. The van der Waals surface area contributed by atoms with Crippen LogP contribution in [0.15, 0.2) is 46.2 Å². The van der Waals surface area contributed by atoms with Gasteiger partial charge in [-0.3, -0.25) is 0 Å². The summed E-state index contributed by atoms with van der Waals surface area (Å²) < 4.78 is 32.5. The second-order valence-electron chi connectivity index (χ2n) is 6.41. The Morgan fingerprint density at radius 3 is 2.24 bits per heavy atom. The summed E-state index contributed by atoms with van der Waals surface area (Å²) in [6, 6.07) is 11.4. The topological polar surface area (TPSA) is 53.8 Å². The number of aryl methyl sites for hydroxylation is 2. The van der Waals surface area contributed by atoms with Crippen molar-refractivity contribution in [2.45, 2.75) is 20.4 Å². The molecule has 0 saturated heterocycles. The molecule has 2 aromatic rings. The third-order valence-electron chi connectivity index (χ3n) is 3.79. The zero-order chi connectivity index (χ0) is 18.4. The number of hydrogen-bond acceptors (Lipinski definition) is 4. The van der Waals surface area contributed by atoms with E-state index in [1.54, 1.807) is 6.08 Å². The second kappa shape index (κ2) is 8.47. The molecule has 6 heteroatoms. The van der Waals surface area contributed by atoms with E-state index in [1.807, 2.05) is 69.2 Å². The van der Waals surface area contributed by atoms with E-state index in [0.717, 1.165) is 16.9 Å². The monoisotopic (exact) mass is 362 g/mol. The molecule has 0 atom stereocenters. The minimum atomic E-state index is -3.55. The Labute approximate surface area is 150 Å². The van der Waals surface area contributed by atoms with Crippen LogP contribution in [0, 0.1) is 13.8 Å². The first kappa shape index (κ1) is 19.4.